The highest BCUT2D eigenvalue weighted by Gasteiger charge is 2.36. The van der Waals surface area contributed by atoms with Crippen molar-refractivity contribution >= 4 is 24.0 Å². The van der Waals surface area contributed by atoms with Gasteiger partial charge in [-0.15, -0.1) is 10.2 Å². The van der Waals surface area contributed by atoms with Crippen LogP contribution in [0.2, 0.25) is 25.7 Å². The molecule has 0 saturated heterocycles. The Morgan fingerprint density at radius 3 is 2.23 bits per heavy atom. The molecule has 0 aliphatic heterocycles. The largest absolute Gasteiger partial charge is 0.494 e. The molecular weight excluding hydrogens is 486 g/mol. The summed E-state index contributed by atoms with van der Waals surface area (Å²) in [6, 6.07) is 9.62. The number of nitrogens with zero attached hydrogens (tertiary/aromatic N) is 4. The average molecular weight is 522 g/mol. The van der Waals surface area contributed by atoms with Gasteiger partial charge >= 0.3 is 0 Å². The van der Waals surface area contributed by atoms with E-state index in [-0.39, 0.29) is 19.0 Å². The second-order valence-corrected chi connectivity index (χ2v) is 17.5. The maximum Gasteiger partial charge on any atom is 0.246 e. The summed E-state index contributed by atoms with van der Waals surface area (Å²) in [4.78, 5) is 0. The molecule has 2 heterocycles. The summed E-state index contributed by atoms with van der Waals surface area (Å²) in [6.45, 7) is 10.2. The van der Waals surface area contributed by atoms with E-state index < -0.39 is 23.3 Å². The zero-order chi connectivity index (χ0) is 26.0. The molecule has 3 aromatic rings. The van der Waals surface area contributed by atoms with Crippen molar-refractivity contribution in [2.75, 3.05) is 31.6 Å². The molecule has 1 aromatic carbocycles. The number of benzene rings is 1. The van der Waals surface area contributed by atoms with Crippen molar-refractivity contribution in [1.29, 1.82) is 0 Å². The normalized spacial score (nSPS) is 13.0. The van der Waals surface area contributed by atoms with Crippen LogP contribution >= 0.6 is 0 Å². The molecule has 35 heavy (non-hydrogen) atoms. The highest BCUT2D eigenvalue weighted by Crippen LogP contribution is 2.39. The number of sulfonamides is 1. The van der Waals surface area contributed by atoms with E-state index in [1.165, 1.54) is 18.5 Å². The Balaban J connectivity index is 2.37. The zero-order valence-corrected chi connectivity index (χ0v) is 23.2. The van der Waals surface area contributed by atoms with Crippen LogP contribution in [0.5, 0.6) is 11.5 Å². The summed E-state index contributed by atoms with van der Waals surface area (Å²) in [5.74, 6) is 2.49. The molecule has 0 amide bonds. The Morgan fingerprint density at radius 2 is 1.74 bits per heavy atom. The number of methoxy groups -OCH3 is 2. The number of anilines is 1. The van der Waals surface area contributed by atoms with Gasteiger partial charge in [0, 0.05) is 21.2 Å². The minimum absolute atomic E-state index is 0.0257. The van der Waals surface area contributed by atoms with E-state index in [0.29, 0.717) is 40.6 Å². The van der Waals surface area contributed by atoms with Crippen molar-refractivity contribution in [3.05, 3.63) is 36.1 Å². The lowest BCUT2D eigenvalue weighted by Crippen LogP contribution is -2.44. The Hall–Kier alpha value is -2.83. The average Bonchev–Trinajstić information content (AvgIpc) is 3.43. The Kier molecular flexibility index (Phi) is 7.97. The van der Waals surface area contributed by atoms with E-state index in [2.05, 4.69) is 29.8 Å². The molecule has 1 unspecified atom stereocenters. The molecule has 0 aliphatic rings. The van der Waals surface area contributed by atoms with Gasteiger partial charge in [0.25, 0.3) is 0 Å². The Bertz CT molecular complexity index is 1240. The lowest BCUT2D eigenvalue weighted by atomic mass is 10.2. The number of nitrogens with two attached hydrogens (primary N) is 1. The van der Waals surface area contributed by atoms with Gasteiger partial charge in [-0.1, -0.05) is 25.7 Å². The molecule has 0 radical (unpaired) electrons. The minimum atomic E-state index is -3.86. The summed E-state index contributed by atoms with van der Waals surface area (Å²) < 4.78 is 47.5. The second-order valence-electron chi connectivity index (χ2n) is 9.55. The minimum Gasteiger partial charge on any atom is -0.494 e. The lowest BCUT2D eigenvalue weighted by molar-refractivity contribution is 0.391. The molecule has 0 fully saturated rings. The summed E-state index contributed by atoms with van der Waals surface area (Å²) in [7, 11) is -2.42. The number of ether oxygens (including phenoxy) is 2. The first kappa shape index (κ1) is 26.8. The second kappa shape index (κ2) is 10.4. The highest BCUT2D eigenvalue weighted by molar-refractivity contribution is 7.93. The van der Waals surface area contributed by atoms with Gasteiger partial charge in [-0.2, -0.15) is 0 Å². The van der Waals surface area contributed by atoms with Gasteiger partial charge < -0.3 is 19.6 Å². The maximum absolute atomic E-state index is 13.7. The van der Waals surface area contributed by atoms with Crippen LogP contribution in [0.25, 0.3) is 17.3 Å². The van der Waals surface area contributed by atoms with Crippen LogP contribution < -0.4 is 19.5 Å². The lowest BCUT2D eigenvalue weighted by Gasteiger charge is -2.29. The van der Waals surface area contributed by atoms with Crippen LogP contribution in [0.1, 0.15) is 12.7 Å². The van der Waals surface area contributed by atoms with Crippen LogP contribution in [0.4, 0.5) is 5.95 Å². The summed E-state index contributed by atoms with van der Waals surface area (Å²) in [5.41, 5.74) is 6.27. The molecule has 2 N–H and O–H groups in total. The number of para-hydroxylation sites is 1. The van der Waals surface area contributed by atoms with E-state index in [0.717, 1.165) is 0 Å². The van der Waals surface area contributed by atoms with Crippen LogP contribution in [0, 0.1) is 6.92 Å². The van der Waals surface area contributed by atoms with Gasteiger partial charge in [0.05, 0.1) is 19.5 Å². The third-order valence-corrected chi connectivity index (χ3v) is 9.56. The van der Waals surface area contributed by atoms with E-state index >= 15 is 0 Å². The van der Waals surface area contributed by atoms with E-state index in [9.17, 15) is 8.42 Å². The van der Waals surface area contributed by atoms with E-state index in [1.54, 1.807) is 35.8 Å². The van der Waals surface area contributed by atoms with Crippen molar-refractivity contribution in [2.45, 2.75) is 44.8 Å². The Morgan fingerprint density at radius 1 is 1.11 bits per heavy atom. The standard InChI is InChI=1S/C23H35N5O5SSi/c1-16-11-12-20(33-16)22-25-26-23(28(22)21-18(31-3)9-8-10-19(21)32-4)27(13-14-35(5,6)7)34(29,30)17(2)15-24/h8-12,17H,13-15,24H2,1-7H3. The van der Waals surface area contributed by atoms with Gasteiger partial charge in [-0.3, -0.25) is 4.57 Å². The maximum atomic E-state index is 13.7. The molecule has 0 aliphatic carbocycles. The fourth-order valence-corrected chi connectivity index (χ4v) is 5.95. The SMILES string of the molecule is COc1cccc(OC)c1-n1c(-c2ccc(C)o2)nnc1N(CC[Si](C)(C)C)S(=O)(=O)C(C)CN. The predicted octanol–water partition coefficient (Wildman–Crippen LogP) is 3.67. The summed E-state index contributed by atoms with van der Waals surface area (Å²) >= 11 is 0. The fourth-order valence-electron chi connectivity index (χ4n) is 3.53. The Labute approximate surface area is 208 Å². The van der Waals surface area contributed by atoms with Crippen LogP contribution in [-0.2, 0) is 10.0 Å². The van der Waals surface area contributed by atoms with Crippen molar-refractivity contribution in [1.82, 2.24) is 14.8 Å². The van der Waals surface area contributed by atoms with Gasteiger partial charge in [0.15, 0.2) is 5.76 Å². The van der Waals surface area contributed by atoms with Gasteiger partial charge in [0.2, 0.25) is 21.8 Å². The quantitative estimate of drug-likeness (QED) is 0.379. The first-order valence-corrected chi connectivity index (χ1v) is 16.6. The van der Waals surface area contributed by atoms with Crippen molar-refractivity contribution < 1.29 is 22.3 Å². The van der Waals surface area contributed by atoms with Crippen LogP contribution in [0.3, 0.4) is 0 Å². The highest BCUT2D eigenvalue weighted by atomic mass is 32.2. The smallest absolute Gasteiger partial charge is 0.246 e. The molecule has 10 nitrogen and oxygen atoms in total. The molecule has 3 rings (SSSR count). The number of rotatable bonds is 11. The topological polar surface area (TPSA) is 126 Å². The molecule has 0 bridgehead atoms. The van der Waals surface area contributed by atoms with Crippen LogP contribution in [-0.4, -0.2) is 63.8 Å². The number of hydrogen-bond donors (Lipinski definition) is 1. The van der Waals surface area contributed by atoms with Crippen molar-refractivity contribution in [3.63, 3.8) is 0 Å². The van der Waals surface area contributed by atoms with Gasteiger partial charge in [0.1, 0.15) is 22.9 Å². The van der Waals surface area contributed by atoms with Gasteiger partial charge in [-0.05, 0) is 44.2 Å². The van der Waals surface area contributed by atoms with Gasteiger partial charge in [-0.25, -0.2) is 12.7 Å². The number of furan rings is 1. The molecule has 1 atom stereocenters. The molecule has 2 aromatic heterocycles. The van der Waals surface area contributed by atoms with Crippen LogP contribution in [0.15, 0.2) is 34.7 Å². The molecule has 0 spiro atoms. The third kappa shape index (κ3) is 5.54. The number of aryl methyl sites for hydroxylation is 1. The molecular formula is C23H35N5O5SSi. The summed E-state index contributed by atoms with van der Waals surface area (Å²) in [6.07, 6.45) is 0. The molecule has 0 saturated carbocycles. The summed E-state index contributed by atoms with van der Waals surface area (Å²) in [5, 5.41) is 7.93. The molecule has 192 valence electrons. The van der Waals surface area contributed by atoms with Crippen molar-refractivity contribution in [2.24, 2.45) is 5.73 Å². The fraction of sp³-hybridized carbons (Fsp3) is 0.478. The zero-order valence-electron chi connectivity index (χ0n) is 21.4. The predicted molar refractivity (Wildman–Crippen MR) is 140 cm³/mol. The number of aromatic nitrogens is 3. The third-order valence-electron chi connectivity index (χ3n) is 5.67. The van der Waals surface area contributed by atoms with E-state index in [4.69, 9.17) is 19.6 Å². The van der Waals surface area contributed by atoms with Crippen molar-refractivity contribution in [3.8, 4) is 28.8 Å². The first-order valence-electron chi connectivity index (χ1n) is 11.4. The first-order chi connectivity index (χ1) is 16.4. The molecule has 12 heteroatoms. The van der Waals surface area contributed by atoms with E-state index in [1.807, 2.05) is 13.0 Å². The number of hydrogen-bond acceptors (Lipinski definition) is 8. The monoisotopic (exact) mass is 521 g/mol.